The first-order chi connectivity index (χ1) is 8.72. The summed E-state index contributed by atoms with van der Waals surface area (Å²) in [7, 11) is 0. The van der Waals surface area contributed by atoms with Crippen LogP contribution in [0, 0.1) is 11.6 Å². The van der Waals surface area contributed by atoms with E-state index < -0.39 is 11.6 Å². The summed E-state index contributed by atoms with van der Waals surface area (Å²) in [5, 5.41) is 3.20. The van der Waals surface area contributed by atoms with Crippen LogP contribution in [0.1, 0.15) is 24.3 Å². The van der Waals surface area contributed by atoms with Crippen molar-refractivity contribution in [1.29, 1.82) is 0 Å². The van der Waals surface area contributed by atoms with E-state index in [-0.39, 0.29) is 6.04 Å². The van der Waals surface area contributed by atoms with Gasteiger partial charge < -0.3 is 9.73 Å². The largest absolute Gasteiger partial charge is 0.468 e. The first kappa shape index (κ1) is 12.8. The minimum Gasteiger partial charge on any atom is -0.468 e. The number of rotatable bonds is 5. The van der Waals surface area contributed by atoms with Gasteiger partial charge in [0, 0.05) is 0 Å². The number of halogens is 2. The van der Waals surface area contributed by atoms with Crippen molar-refractivity contribution < 1.29 is 13.2 Å². The lowest BCUT2D eigenvalue weighted by atomic mass is 10.0. The molecule has 2 aromatic rings. The van der Waals surface area contributed by atoms with Crippen molar-refractivity contribution >= 4 is 0 Å². The maximum atomic E-state index is 13.6. The van der Waals surface area contributed by atoms with E-state index in [9.17, 15) is 8.78 Å². The molecule has 0 bridgehead atoms. The van der Waals surface area contributed by atoms with Crippen molar-refractivity contribution in [2.45, 2.75) is 19.4 Å². The summed E-state index contributed by atoms with van der Waals surface area (Å²) in [5.41, 5.74) is 0.345. The third-order valence-electron chi connectivity index (χ3n) is 2.79. The molecule has 96 valence electrons. The van der Waals surface area contributed by atoms with E-state index in [0.29, 0.717) is 12.0 Å². The molecule has 1 aromatic heterocycles. The lowest BCUT2D eigenvalue weighted by molar-refractivity contribution is 0.409. The maximum Gasteiger partial charge on any atom is 0.162 e. The average Bonchev–Trinajstić information content (AvgIpc) is 2.88. The topological polar surface area (TPSA) is 25.2 Å². The van der Waals surface area contributed by atoms with Crippen LogP contribution < -0.4 is 5.32 Å². The summed E-state index contributed by atoms with van der Waals surface area (Å²) in [4.78, 5) is 0. The first-order valence-corrected chi connectivity index (χ1v) is 5.92. The van der Waals surface area contributed by atoms with Crippen LogP contribution in [0.15, 0.2) is 41.0 Å². The van der Waals surface area contributed by atoms with E-state index in [1.807, 2.05) is 13.0 Å². The maximum absolute atomic E-state index is 13.6. The predicted molar refractivity (Wildman–Crippen MR) is 65.2 cm³/mol. The minimum atomic E-state index is -0.817. The Morgan fingerprint density at radius 1 is 1.22 bits per heavy atom. The quantitative estimate of drug-likeness (QED) is 0.880. The number of nitrogens with one attached hydrogen (secondary N) is 1. The van der Waals surface area contributed by atoms with Crippen LogP contribution in [0.5, 0.6) is 0 Å². The van der Waals surface area contributed by atoms with Crippen LogP contribution in [0.2, 0.25) is 0 Å². The monoisotopic (exact) mass is 251 g/mol. The number of likely N-dealkylation sites (N-methyl/N-ethyl adjacent to an activating group) is 1. The Kier molecular flexibility index (Phi) is 4.10. The van der Waals surface area contributed by atoms with Crippen molar-refractivity contribution in [2.24, 2.45) is 0 Å². The van der Waals surface area contributed by atoms with Crippen molar-refractivity contribution in [3.63, 3.8) is 0 Å². The van der Waals surface area contributed by atoms with E-state index in [1.54, 1.807) is 18.4 Å². The van der Waals surface area contributed by atoms with Gasteiger partial charge in [-0.1, -0.05) is 19.1 Å². The highest BCUT2D eigenvalue weighted by molar-refractivity contribution is 5.21. The van der Waals surface area contributed by atoms with Crippen molar-refractivity contribution in [1.82, 2.24) is 5.32 Å². The zero-order valence-electron chi connectivity index (χ0n) is 10.1. The van der Waals surface area contributed by atoms with Gasteiger partial charge in [0.05, 0.1) is 12.3 Å². The Balaban J connectivity index is 2.21. The van der Waals surface area contributed by atoms with Crippen LogP contribution >= 0.6 is 0 Å². The van der Waals surface area contributed by atoms with Crippen molar-refractivity contribution in [3.05, 3.63) is 59.6 Å². The third-order valence-corrected chi connectivity index (χ3v) is 2.79. The van der Waals surface area contributed by atoms with Gasteiger partial charge in [-0.3, -0.25) is 0 Å². The van der Waals surface area contributed by atoms with E-state index in [4.69, 9.17) is 4.42 Å². The summed E-state index contributed by atoms with van der Waals surface area (Å²) in [6.07, 6.45) is 1.92. The second kappa shape index (κ2) is 5.78. The molecular formula is C14H15F2NO. The molecule has 1 N–H and O–H groups in total. The van der Waals surface area contributed by atoms with Crippen molar-refractivity contribution in [2.75, 3.05) is 6.54 Å². The van der Waals surface area contributed by atoms with Gasteiger partial charge in [0.1, 0.15) is 5.76 Å². The highest BCUT2D eigenvalue weighted by Gasteiger charge is 2.17. The molecular weight excluding hydrogens is 236 g/mol. The zero-order chi connectivity index (χ0) is 13.0. The van der Waals surface area contributed by atoms with Gasteiger partial charge in [0.25, 0.3) is 0 Å². The molecule has 18 heavy (non-hydrogen) atoms. The number of hydrogen-bond donors (Lipinski definition) is 1. The molecule has 2 nitrogen and oxygen atoms in total. The van der Waals surface area contributed by atoms with Gasteiger partial charge >= 0.3 is 0 Å². The highest BCUT2D eigenvalue weighted by Crippen LogP contribution is 2.21. The number of benzene rings is 1. The van der Waals surface area contributed by atoms with Crippen LogP contribution in [-0.2, 0) is 6.42 Å². The predicted octanol–water partition coefficient (Wildman–Crippen LogP) is 3.45. The molecule has 0 saturated carbocycles. The molecule has 2 rings (SSSR count). The van der Waals surface area contributed by atoms with Crippen LogP contribution in [0.3, 0.4) is 0 Å². The fourth-order valence-corrected chi connectivity index (χ4v) is 1.94. The smallest absolute Gasteiger partial charge is 0.162 e. The summed E-state index contributed by atoms with van der Waals surface area (Å²) in [6.45, 7) is 2.68. The third kappa shape index (κ3) is 2.76. The van der Waals surface area contributed by atoms with E-state index >= 15 is 0 Å². The van der Waals surface area contributed by atoms with Crippen LogP contribution in [0.25, 0.3) is 0 Å². The Bertz CT molecular complexity index is 497. The molecule has 1 atom stereocenters. The first-order valence-electron chi connectivity index (χ1n) is 5.92. The van der Waals surface area contributed by atoms with Crippen LogP contribution in [-0.4, -0.2) is 6.54 Å². The SMILES string of the molecule is CCNC(Cc1cccc(F)c1F)c1ccco1. The normalized spacial score (nSPS) is 12.6. The molecule has 0 saturated heterocycles. The molecule has 0 radical (unpaired) electrons. The fraction of sp³-hybridized carbons (Fsp3) is 0.286. The number of furan rings is 1. The second-order valence-electron chi connectivity index (χ2n) is 4.04. The highest BCUT2D eigenvalue weighted by atomic mass is 19.2. The Morgan fingerprint density at radius 2 is 2.06 bits per heavy atom. The molecule has 1 unspecified atom stereocenters. The summed E-state index contributed by atoms with van der Waals surface area (Å²) < 4.78 is 32.1. The van der Waals surface area contributed by atoms with Crippen LogP contribution in [0.4, 0.5) is 8.78 Å². The van der Waals surface area contributed by atoms with Gasteiger partial charge in [-0.25, -0.2) is 8.78 Å². The second-order valence-corrected chi connectivity index (χ2v) is 4.04. The van der Waals surface area contributed by atoms with Crippen molar-refractivity contribution in [3.8, 4) is 0 Å². The summed E-state index contributed by atoms with van der Waals surface area (Å²) in [6, 6.07) is 7.67. The van der Waals surface area contributed by atoms with Gasteiger partial charge in [-0.05, 0) is 36.7 Å². The fourth-order valence-electron chi connectivity index (χ4n) is 1.94. The summed E-state index contributed by atoms with van der Waals surface area (Å²) in [5.74, 6) is -0.880. The van der Waals surface area contributed by atoms with Gasteiger partial charge in [0.15, 0.2) is 11.6 Å². The van der Waals surface area contributed by atoms with Gasteiger partial charge in [-0.2, -0.15) is 0 Å². The molecule has 4 heteroatoms. The number of hydrogen-bond acceptors (Lipinski definition) is 2. The Labute approximate surface area is 105 Å². The van der Waals surface area contributed by atoms with E-state index in [1.165, 1.54) is 6.07 Å². The molecule has 0 aliphatic heterocycles. The Hall–Kier alpha value is -1.68. The molecule has 0 amide bonds. The molecule has 0 aliphatic rings. The molecule has 1 heterocycles. The lowest BCUT2D eigenvalue weighted by Crippen LogP contribution is -2.23. The Morgan fingerprint density at radius 3 is 2.72 bits per heavy atom. The zero-order valence-corrected chi connectivity index (χ0v) is 10.1. The molecule has 0 spiro atoms. The lowest BCUT2D eigenvalue weighted by Gasteiger charge is -2.16. The van der Waals surface area contributed by atoms with E-state index in [2.05, 4.69) is 5.32 Å². The minimum absolute atomic E-state index is 0.152. The average molecular weight is 251 g/mol. The molecule has 0 fully saturated rings. The molecule has 1 aromatic carbocycles. The standard InChI is InChI=1S/C14H15F2NO/c1-2-17-12(13-7-4-8-18-13)9-10-5-3-6-11(15)14(10)16/h3-8,12,17H,2,9H2,1H3. The molecule has 0 aliphatic carbocycles. The van der Waals surface area contributed by atoms with Gasteiger partial charge in [-0.15, -0.1) is 0 Å². The summed E-state index contributed by atoms with van der Waals surface area (Å²) >= 11 is 0. The van der Waals surface area contributed by atoms with Gasteiger partial charge in [0.2, 0.25) is 0 Å². The van der Waals surface area contributed by atoms with E-state index in [0.717, 1.165) is 18.4 Å².